The molecule has 2 fully saturated rings. The highest BCUT2D eigenvalue weighted by molar-refractivity contribution is 14.0. The molecule has 3 rings (SSSR count). The van der Waals surface area contributed by atoms with Crippen molar-refractivity contribution >= 4 is 35.6 Å². The Hall–Kier alpha value is -0.860. The summed E-state index contributed by atoms with van der Waals surface area (Å²) >= 11 is 0. The quantitative estimate of drug-likeness (QED) is 0.415. The van der Waals surface area contributed by atoms with Gasteiger partial charge < -0.3 is 20.5 Å². The molecule has 0 radical (unpaired) electrons. The van der Waals surface area contributed by atoms with E-state index in [1.807, 2.05) is 19.1 Å². The van der Waals surface area contributed by atoms with E-state index in [0.717, 1.165) is 38.0 Å². The number of nitrogens with zero attached hydrogens (tertiary/aromatic N) is 1. The van der Waals surface area contributed by atoms with Crippen LogP contribution in [0.3, 0.4) is 0 Å². The second-order valence-electron chi connectivity index (χ2n) is 6.29. The Labute approximate surface area is 161 Å². The normalized spacial score (nSPS) is 29.2. The van der Waals surface area contributed by atoms with Gasteiger partial charge in [0, 0.05) is 25.3 Å². The van der Waals surface area contributed by atoms with E-state index >= 15 is 0 Å². The van der Waals surface area contributed by atoms with Crippen LogP contribution in [-0.2, 0) is 15.9 Å². The number of hydrogen-bond donors (Lipinski definition) is 2. The molecule has 1 heterocycles. The average molecular weight is 445 g/mol. The first-order valence-corrected chi connectivity index (χ1v) is 8.62. The zero-order valence-corrected chi connectivity index (χ0v) is 16.8. The number of aliphatic imine (C=N–C) groups is 1. The van der Waals surface area contributed by atoms with Crippen LogP contribution in [0.2, 0.25) is 0 Å². The van der Waals surface area contributed by atoms with Gasteiger partial charge in [0.15, 0.2) is 5.96 Å². The third-order valence-corrected chi connectivity index (χ3v) is 4.93. The molecule has 3 N–H and O–H groups in total. The van der Waals surface area contributed by atoms with Gasteiger partial charge in [-0.1, -0.05) is 19.1 Å². The highest BCUT2D eigenvalue weighted by Gasteiger charge is 2.59. The van der Waals surface area contributed by atoms with Crippen molar-refractivity contribution in [1.82, 2.24) is 0 Å². The van der Waals surface area contributed by atoms with E-state index in [9.17, 15) is 0 Å². The van der Waals surface area contributed by atoms with Gasteiger partial charge in [-0.25, -0.2) is 4.99 Å². The minimum absolute atomic E-state index is 0. The van der Waals surface area contributed by atoms with E-state index < -0.39 is 0 Å². The van der Waals surface area contributed by atoms with E-state index in [1.165, 1.54) is 5.56 Å². The first-order valence-electron chi connectivity index (χ1n) is 8.62. The zero-order valence-electron chi connectivity index (χ0n) is 14.5. The summed E-state index contributed by atoms with van der Waals surface area (Å²) in [6.45, 7) is 5.67. The molecule has 1 aromatic carbocycles. The van der Waals surface area contributed by atoms with Gasteiger partial charge in [-0.15, -0.1) is 24.0 Å². The SMILES string of the molecule is CCOC1CC(N=C(N)Nc2ccc(CC)cc2)C12CCCO2.I. The van der Waals surface area contributed by atoms with Gasteiger partial charge in [-0.05, 0) is 43.9 Å². The van der Waals surface area contributed by atoms with Crippen LogP contribution < -0.4 is 11.1 Å². The maximum absolute atomic E-state index is 6.10. The highest BCUT2D eigenvalue weighted by atomic mass is 127. The van der Waals surface area contributed by atoms with E-state index in [4.69, 9.17) is 15.2 Å². The Morgan fingerprint density at radius 2 is 2.12 bits per heavy atom. The summed E-state index contributed by atoms with van der Waals surface area (Å²) in [5.41, 5.74) is 8.12. The molecule has 2 aliphatic rings. The van der Waals surface area contributed by atoms with Crippen molar-refractivity contribution in [3.63, 3.8) is 0 Å². The molecule has 1 saturated heterocycles. The number of benzene rings is 1. The first-order chi connectivity index (χ1) is 11.2. The molecule has 134 valence electrons. The summed E-state index contributed by atoms with van der Waals surface area (Å²) in [6.07, 6.45) is 4.14. The molecule has 0 aromatic heterocycles. The van der Waals surface area contributed by atoms with E-state index in [2.05, 4.69) is 29.4 Å². The third-order valence-electron chi connectivity index (χ3n) is 4.93. The van der Waals surface area contributed by atoms with Crippen LogP contribution in [0.1, 0.15) is 38.7 Å². The molecule has 0 bridgehead atoms. The molecule has 1 aromatic rings. The predicted molar refractivity (Wildman–Crippen MR) is 108 cm³/mol. The molecule has 1 aliphatic heterocycles. The van der Waals surface area contributed by atoms with Crippen LogP contribution in [0.15, 0.2) is 29.3 Å². The highest BCUT2D eigenvalue weighted by Crippen LogP contribution is 2.47. The Morgan fingerprint density at radius 1 is 1.38 bits per heavy atom. The van der Waals surface area contributed by atoms with Crippen LogP contribution in [0.5, 0.6) is 0 Å². The molecule has 1 spiro atoms. The van der Waals surface area contributed by atoms with Crippen molar-refractivity contribution in [2.75, 3.05) is 18.5 Å². The number of guanidine groups is 1. The lowest BCUT2D eigenvalue weighted by Crippen LogP contribution is -2.63. The van der Waals surface area contributed by atoms with Gasteiger partial charge in [-0.2, -0.15) is 0 Å². The number of ether oxygens (including phenoxy) is 2. The summed E-state index contributed by atoms with van der Waals surface area (Å²) in [6, 6.07) is 8.36. The number of hydrogen-bond acceptors (Lipinski definition) is 3. The van der Waals surface area contributed by atoms with Gasteiger partial charge in [0.1, 0.15) is 5.60 Å². The molecule has 1 aliphatic carbocycles. The van der Waals surface area contributed by atoms with Gasteiger partial charge in [0.05, 0.1) is 12.1 Å². The fourth-order valence-electron chi connectivity index (χ4n) is 3.60. The van der Waals surface area contributed by atoms with Gasteiger partial charge in [-0.3, -0.25) is 0 Å². The summed E-state index contributed by atoms with van der Waals surface area (Å²) in [5.74, 6) is 0.448. The minimum Gasteiger partial charge on any atom is -0.375 e. The second kappa shape index (κ2) is 8.49. The molecule has 6 heteroatoms. The lowest BCUT2D eigenvalue weighted by molar-refractivity contribution is -0.188. The Kier molecular flexibility index (Phi) is 6.88. The molecule has 3 atom stereocenters. The Bertz CT molecular complexity index is 556. The summed E-state index contributed by atoms with van der Waals surface area (Å²) < 4.78 is 11.8. The molecule has 3 unspecified atom stereocenters. The van der Waals surface area contributed by atoms with Gasteiger partial charge >= 0.3 is 0 Å². The van der Waals surface area contributed by atoms with E-state index in [-0.39, 0.29) is 41.7 Å². The van der Waals surface area contributed by atoms with Crippen molar-refractivity contribution in [1.29, 1.82) is 0 Å². The van der Waals surface area contributed by atoms with Crippen molar-refractivity contribution in [3.05, 3.63) is 29.8 Å². The van der Waals surface area contributed by atoms with Crippen LogP contribution in [-0.4, -0.2) is 36.9 Å². The van der Waals surface area contributed by atoms with E-state index in [1.54, 1.807) is 0 Å². The van der Waals surface area contributed by atoms with Crippen molar-refractivity contribution in [3.8, 4) is 0 Å². The number of nitrogens with one attached hydrogen (secondary N) is 1. The van der Waals surface area contributed by atoms with Gasteiger partial charge in [0.25, 0.3) is 0 Å². The van der Waals surface area contributed by atoms with Crippen LogP contribution >= 0.6 is 24.0 Å². The number of rotatable bonds is 5. The first kappa shape index (κ1) is 19.5. The molecular formula is C18H28IN3O2. The largest absolute Gasteiger partial charge is 0.375 e. The summed E-state index contributed by atoms with van der Waals surface area (Å²) in [7, 11) is 0. The van der Waals surface area contributed by atoms with Crippen molar-refractivity contribution < 1.29 is 9.47 Å². The average Bonchev–Trinajstić information content (AvgIpc) is 3.07. The maximum Gasteiger partial charge on any atom is 0.193 e. The number of halogens is 1. The van der Waals surface area contributed by atoms with Gasteiger partial charge in [0.2, 0.25) is 0 Å². The van der Waals surface area contributed by atoms with Crippen molar-refractivity contribution in [2.45, 2.75) is 57.3 Å². The van der Waals surface area contributed by atoms with E-state index in [0.29, 0.717) is 12.6 Å². The number of anilines is 1. The molecule has 24 heavy (non-hydrogen) atoms. The standard InChI is InChI=1S/C18H27N3O2.HI/c1-3-13-6-8-14(9-7-13)20-17(19)21-15-12-16(22-4-2)18(15)10-5-11-23-18;/h6-9,15-16H,3-5,10-12H2,1-2H3,(H3,19,20,21);1H. The lowest BCUT2D eigenvalue weighted by Gasteiger charge is -2.50. The topological polar surface area (TPSA) is 68.9 Å². The van der Waals surface area contributed by atoms with Crippen molar-refractivity contribution in [2.24, 2.45) is 10.7 Å². The summed E-state index contributed by atoms with van der Waals surface area (Å²) in [5, 5.41) is 3.18. The van der Waals surface area contributed by atoms with Crippen LogP contribution in [0, 0.1) is 0 Å². The lowest BCUT2D eigenvalue weighted by atomic mass is 9.70. The van der Waals surface area contributed by atoms with Crippen LogP contribution in [0.25, 0.3) is 0 Å². The molecular weight excluding hydrogens is 417 g/mol. The minimum atomic E-state index is -0.256. The molecule has 0 amide bonds. The third kappa shape index (κ3) is 3.86. The maximum atomic E-state index is 6.10. The predicted octanol–water partition coefficient (Wildman–Crippen LogP) is 3.32. The number of nitrogens with two attached hydrogens (primary N) is 1. The van der Waals surface area contributed by atoms with Crippen LogP contribution in [0.4, 0.5) is 5.69 Å². The second-order valence-corrected chi connectivity index (χ2v) is 6.29. The monoisotopic (exact) mass is 445 g/mol. The Balaban J connectivity index is 0.00000208. The zero-order chi connectivity index (χ0) is 16.3. The Morgan fingerprint density at radius 3 is 2.71 bits per heavy atom. The fourth-order valence-corrected chi connectivity index (χ4v) is 3.60. The molecule has 1 saturated carbocycles. The smallest absolute Gasteiger partial charge is 0.193 e. The fraction of sp³-hybridized carbons (Fsp3) is 0.611. The number of aryl methyl sites for hydroxylation is 1. The summed E-state index contributed by atoms with van der Waals surface area (Å²) in [4.78, 5) is 4.67. The molecule has 5 nitrogen and oxygen atoms in total.